The largest absolute Gasteiger partial charge is 0.365 e. The number of primary amides is 1. The van der Waals surface area contributed by atoms with Gasteiger partial charge in [-0.25, -0.2) is 4.98 Å². The Bertz CT molecular complexity index is 857. The Labute approximate surface area is 152 Å². The number of amides is 2. The average molecular weight is 352 g/mol. The Hall–Kier alpha value is -3.28. The number of carbonyl (C=O) groups excluding carboxylic acids is 2. The summed E-state index contributed by atoms with van der Waals surface area (Å²) in [5, 5.41) is 8.71. The lowest BCUT2D eigenvalue weighted by molar-refractivity contribution is -0.378. The van der Waals surface area contributed by atoms with Gasteiger partial charge in [0.1, 0.15) is 5.57 Å². The minimum atomic E-state index is -0.827. The zero-order valence-corrected chi connectivity index (χ0v) is 15.0. The summed E-state index contributed by atoms with van der Waals surface area (Å²) in [7, 11) is 0. The number of carbonyl (C=O) groups is 2. The zero-order chi connectivity index (χ0) is 19.1. The van der Waals surface area contributed by atoms with Crippen LogP contribution in [0.5, 0.6) is 0 Å². The molecule has 2 amide bonds. The number of hydrogen-bond acceptors (Lipinski definition) is 2. The SMILES string of the molecule is CCc1cc(C)cc(CNC(=O)/C(=C/C(=[NH2+])c2cc[nH+]cc2)C(N)=O)c1. The molecule has 0 aliphatic carbocycles. The molecule has 0 saturated heterocycles. The van der Waals surface area contributed by atoms with Crippen LogP contribution in [-0.4, -0.2) is 17.5 Å². The van der Waals surface area contributed by atoms with Crippen LogP contribution in [-0.2, 0) is 22.6 Å². The van der Waals surface area contributed by atoms with Gasteiger partial charge in [0.2, 0.25) is 5.71 Å². The monoisotopic (exact) mass is 352 g/mol. The number of nitrogens with two attached hydrogens (primary N) is 2. The molecule has 0 fully saturated rings. The Balaban J connectivity index is 2.14. The van der Waals surface area contributed by atoms with Crippen molar-refractivity contribution in [3.8, 4) is 0 Å². The van der Waals surface area contributed by atoms with Crippen LogP contribution >= 0.6 is 0 Å². The third-order valence-electron chi connectivity index (χ3n) is 3.92. The molecule has 6 nitrogen and oxygen atoms in total. The van der Waals surface area contributed by atoms with E-state index in [4.69, 9.17) is 11.1 Å². The highest BCUT2D eigenvalue weighted by atomic mass is 16.2. The molecule has 2 rings (SSSR count). The number of H-pyrrole nitrogens is 1. The van der Waals surface area contributed by atoms with E-state index in [1.165, 1.54) is 11.6 Å². The molecule has 0 saturated carbocycles. The van der Waals surface area contributed by atoms with Crippen molar-refractivity contribution >= 4 is 17.5 Å². The smallest absolute Gasteiger partial charge is 0.257 e. The lowest BCUT2D eigenvalue weighted by Gasteiger charge is -2.09. The molecule has 2 aromatic rings. The van der Waals surface area contributed by atoms with Gasteiger partial charge in [0, 0.05) is 24.8 Å². The van der Waals surface area contributed by atoms with E-state index in [0.29, 0.717) is 12.1 Å². The van der Waals surface area contributed by atoms with Crippen LogP contribution in [0.15, 0.2) is 54.4 Å². The van der Waals surface area contributed by atoms with Crippen LogP contribution in [0.4, 0.5) is 0 Å². The number of rotatable bonds is 7. The van der Waals surface area contributed by atoms with E-state index in [1.54, 1.807) is 24.5 Å². The maximum absolute atomic E-state index is 12.4. The molecular formula is C20H24N4O2+2. The summed E-state index contributed by atoms with van der Waals surface area (Å²) in [6.45, 7) is 4.38. The van der Waals surface area contributed by atoms with Gasteiger partial charge in [-0.05, 0) is 24.5 Å². The van der Waals surface area contributed by atoms with Gasteiger partial charge in [-0.15, -0.1) is 0 Å². The van der Waals surface area contributed by atoms with E-state index in [2.05, 4.69) is 23.3 Å². The molecule has 1 aromatic carbocycles. The standard InChI is InChI=1S/C20H22N4O2/c1-3-14-8-13(2)9-15(10-14)12-24-20(26)17(19(22)25)11-18(21)16-4-6-23-7-5-16/h4-11,21H,3,12H2,1-2H3,(H2,22,25)(H,24,26)/p+2/b17-11+,21-18?. The van der Waals surface area contributed by atoms with E-state index in [-0.39, 0.29) is 11.3 Å². The third kappa shape index (κ3) is 5.11. The molecular weight excluding hydrogens is 328 g/mol. The first-order chi connectivity index (χ1) is 12.4. The van der Waals surface area contributed by atoms with Crippen molar-refractivity contribution in [2.24, 2.45) is 5.73 Å². The van der Waals surface area contributed by atoms with E-state index in [9.17, 15) is 9.59 Å². The molecule has 0 bridgehead atoms. The van der Waals surface area contributed by atoms with Crippen LogP contribution < -0.4 is 21.4 Å². The van der Waals surface area contributed by atoms with E-state index >= 15 is 0 Å². The molecule has 6 heteroatoms. The maximum atomic E-state index is 12.4. The van der Waals surface area contributed by atoms with Crippen molar-refractivity contribution in [3.05, 3.63) is 76.6 Å². The Morgan fingerprint density at radius 3 is 2.46 bits per heavy atom. The number of benzene rings is 1. The molecule has 1 heterocycles. The van der Waals surface area contributed by atoms with Gasteiger partial charge in [0.15, 0.2) is 12.4 Å². The highest BCUT2D eigenvalue weighted by Gasteiger charge is 2.18. The van der Waals surface area contributed by atoms with Crippen molar-refractivity contribution in [1.82, 2.24) is 5.32 Å². The molecule has 0 radical (unpaired) electrons. The van der Waals surface area contributed by atoms with E-state index in [1.807, 2.05) is 19.1 Å². The minimum absolute atomic E-state index is 0.182. The number of aromatic nitrogens is 1. The highest BCUT2D eigenvalue weighted by molar-refractivity contribution is 6.22. The summed E-state index contributed by atoms with van der Waals surface area (Å²) in [4.78, 5) is 27.0. The second-order valence-electron chi connectivity index (χ2n) is 6.03. The van der Waals surface area contributed by atoms with Crippen LogP contribution in [0.1, 0.15) is 29.2 Å². The molecule has 1 aromatic heterocycles. The van der Waals surface area contributed by atoms with E-state index in [0.717, 1.165) is 17.5 Å². The first-order valence-electron chi connectivity index (χ1n) is 8.38. The van der Waals surface area contributed by atoms with Crippen molar-refractivity contribution in [1.29, 1.82) is 0 Å². The predicted octanol–water partition coefficient (Wildman–Crippen LogP) is -0.352. The summed E-state index contributed by atoms with van der Waals surface area (Å²) in [6.07, 6.45) is 5.61. The normalized spacial score (nSPS) is 11.1. The van der Waals surface area contributed by atoms with Crippen molar-refractivity contribution in [3.63, 3.8) is 0 Å². The van der Waals surface area contributed by atoms with Gasteiger partial charge in [0.25, 0.3) is 11.8 Å². The number of aromatic amines is 1. The van der Waals surface area contributed by atoms with Crippen molar-refractivity contribution < 1.29 is 20.0 Å². The maximum Gasteiger partial charge on any atom is 0.257 e. The number of allylic oxidation sites excluding steroid dienone is 1. The Morgan fingerprint density at radius 2 is 1.85 bits per heavy atom. The summed E-state index contributed by atoms with van der Waals surface area (Å²) in [5.74, 6) is -1.38. The first kappa shape index (κ1) is 19.1. The first-order valence-corrected chi connectivity index (χ1v) is 8.38. The Morgan fingerprint density at radius 1 is 1.19 bits per heavy atom. The molecule has 134 valence electrons. The van der Waals surface area contributed by atoms with Gasteiger partial charge in [-0.1, -0.05) is 30.7 Å². The van der Waals surface area contributed by atoms with Gasteiger partial charge < -0.3 is 11.1 Å². The van der Waals surface area contributed by atoms with Crippen molar-refractivity contribution in [2.45, 2.75) is 26.8 Å². The van der Waals surface area contributed by atoms with Gasteiger partial charge in [-0.3, -0.25) is 15.0 Å². The molecule has 0 atom stereocenters. The number of aryl methyl sites for hydroxylation is 2. The van der Waals surface area contributed by atoms with Gasteiger partial charge in [0.05, 0.1) is 5.56 Å². The lowest BCUT2D eigenvalue weighted by atomic mass is 10.0. The summed E-state index contributed by atoms with van der Waals surface area (Å²) >= 11 is 0. The molecule has 0 unspecified atom stereocenters. The van der Waals surface area contributed by atoms with Crippen LogP contribution in [0, 0.1) is 6.92 Å². The molecule has 0 aliphatic rings. The second-order valence-corrected chi connectivity index (χ2v) is 6.03. The van der Waals surface area contributed by atoms with Gasteiger partial charge >= 0.3 is 0 Å². The fourth-order valence-corrected chi connectivity index (χ4v) is 2.60. The lowest BCUT2D eigenvalue weighted by Crippen LogP contribution is -2.41. The quantitative estimate of drug-likeness (QED) is 0.274. The molecule has 0 spiro atoms. The highest BCUT2D eigenvalue weighted by Crippen LogP contribution is 2.10. The van der Waals surface area contributed by atoms with Crippen LogP contribution in [0.3, 0.4) is 0 Å². The van der Waals surface area contributed by atoms with Crippen molar-refractivity contribution in [2.75, 3.05) is 0 Å². The zero-order valence-electron chi connectivity index (χ0n) is 15.0. The minimum Gasteiger partial charge on any atom is -0.365 e. The summed E-state index contributed by atoms with van der Waals surface area (Å²) in [5.41, 5.74) is 9.43. The molecule has 6 N–H and O–H groups in total. The summed E-state index contributed by atoms with van der Waals surface area (Å²) in [6, 6.07) is 9.60. The topological polar surface area (TPSA) is 112 Å². The fraction of sp³-hybridized carbons (Fsp3) is 0.200. The number of hydrogen-bond donors (Lipinski definition) is 3. The molecule has 0 aliphatic heterocycles. The third-order valence-corrected chi connectivity index (χ3v) is 3.92. The predicted molar refractivity (Wildman–Crippen MR) is 98.7 cm³/mol. The van der Waals surface area contributed by atoms with E-state index < -0.39 is 11.8 Å². The molecule has 26 heavy (non-hydrogen) atoms. The Kier molecular flexibility index (Phi) is 6.38. The van der Waals surface area contributed by atoms with Crippen LogP contribution in [0.25, 0.3) is 0 Å². The number of pyridine rings is 1. The van der Waals surface area contributed by atoms with Crippen LogP contribution in [0.2, 0.25) is 0 Å². The number of nitrogens with one attached hydrogen (secondary N) is 2. The second kappa shape index (κ2) is 8.71. The summed E-state index contributed by atoms with van der Waals surface area (Å²) < 4.78 is 0. The fourth-order valence-electron chi connectivity index (χ4n) is 2.60. The van der Waals surface area contributed by atoms with Gasteiger partial charge in [-0.2, -0.15) is 0 Å². The average Bonchev–Trinajstić information content (AvgIpc) is 2.63.